The van der Waals surface area contributed by atoms with Gasteiger partial charge in [0.25, 0.3) is 0 Å². The van der Waals surface area contributed by atoms with Crippen molar-refractivity contribution in [1.29, 1.82) is 0 Å². The maximum atomic E-state index is 12.8. The van der Waals surface area contributed by atoms with Crippen molar-refractivity contribution >= 4 is 11.6 Å². The zero-order valence-corrected chi connectivity index (χ0v) is 13.4. The number of hydrogen-bond donors (Lipinski definition) is 1. The lowest BCUT2D eigenvalue weighted by Gasteiger charge is -2.41. The van der Waals surface area contributed by atoms with Gasteiger partial charge in [-0.2, -0.15) is 8.78 Å². The summed E-state index contributed by atoms with van der Waals surface area (Å²) in [5.41, 5.74) is 0.684. The molecule has 1 aromatic rings. The molecule has 1 aromatic carbocycles. The van der Waals surface area contributed by atoms with E-state index in [1.807, 2.05) is 0 Å². The van der Waals surface area contributed by atoms with Crippen LogP contribution in [0.2, 0.25) is 0 Å². The van der Waals surface area contributed by atoms with E-state index in [0.29, 0.717) is 18.8 Å². The summed E-state index contributed by atoms with van der Waals surface area (Å²) in [5.74, 6) is 0.0896. The topological polar surface area (TPSA) is 53.0 Å². The number of likely N-dealkylation sites (tertiary alicyclic amines) is 1. The molecule has 3 rings (SSSR count). The van der Waals surface area contributed by atoms with Gasteiger partial charge < -0.3 is 14.7 Å². The third-order valence-electron chi connectivity index (χ3n) is 4.65. The average molecular weight is 340 g/mol. The summed E-state index contributed by atoms with van der Waals surface area (Å²) in [5, 5.41) is 9.84. The average Bonchev–Trinajstić information content (AvgIpc) is 2.55. The second-order valence-electron chi connectivity index (χ2n) is 6.31. The van der Waals surface area contributed by atoms with Gasteiger partial charge in [0.15, 0.2) is 0 Å². The number of carbonyl (C=O) groups is 1. The van der Waals surface area contributed by atoms with E-state index in [0.717, 1.165) is 32.2 Å². The van der Waals surface area contributed by atoms with Gasteiger partial charge in [0.2, 0.25) is 5.91 Å². The van der Waals surface area contributed by atoms with Crippen molar-refractivity contribution in [1.82, 2.24) is 4.90 Å². The third-order valence-corrected chi connectivity index (χ3v) is 4.65. The van der Waals surface area contributed by atoms with Crippen molar-refractivity contribution in [2.24, 2.45) is 0 Å². The first-order valence-electron chi connectivity index (χ1n) is 8.33. The quantitative estimate of drug-likeness (QED) is 0.913. The lowest BCUT2D eigenvalue weighted by Crippen LogP contribution is -2.55. The Morgan fingerprint density at radius 3 is 2.50 bits per heavy atom. The molecule has 0 radical (unpaired) electrons. The van der Waals surface area contributed by atoms with Crippen molar-refractivity contribution < 1.29 is 23.4 Å². The maximum Gasteiger partial charge on any atom is 0.387 e. The zero-order chi connectivity index (χ0) is 17.1. The fourth-order valence-corrected chi connectivity index (χ4v) is 3.53. The molecule has 0 bridgehead atoms. The Morgan fingerprint density at radius 1 is 1.12 bits per heavy atom. The van der Waals surface area contributed by atoms with Gasteiger partial charge >= 0.3 is 6.61 Å². The monoisotopic (exact) mass is 340 g/mol. The van der Waals surface area contributed by atoms with Crippen LogP contribution in [0.5, 0.6) is 5.75 Å². The van der Waals surface area contributed by atoms with Crippen LogP contribution in [-0.2, 0) is 4.79 Å². The highest BCUT2D eigenvalue weighted by Crippen LogP contribution is 2.27. The molecule has 0 spiro atoms. The lowest BCUT2D eigenvalue weighted by atomic mass is 9.98. The summed E-state index contributed by atoms with van der Waals surface area (Å²) >= 11 is 0. The Bertz CT molecular complexity index is 567. The van der Waals surface area contributed by atoms with Crippen molar-refractivity contribution in [3.63, 3.8) is 0 Å². The number of carbonyl (C=O) groups excluding carboxylic acids is 1. The Balaban J connectivity index is 1.70. The van der Waals surface area contributed by atoms with Gasteiger partial charge in [0.05, 0.1) is 12.1 Å². The predicted molar refractivity (Wildman–Crippen MR) is 85.3 cm³/mol. The summed E-state index contributed by atoms with van der Waals surface area (Å²) in [6, 6.07) is 5.93. The van der Waals surface area contributed by atoms with Crippen LogP contribution in [0.4, 0.5) is 14.5 Å². The van der Waals surface area contributed by atoms with Crippen LogP contribution in [0.1, 0.15) is 25.7 Å². The standard InChI is InChI=1S/C17H22F2N2O3/c18-17(19)24-14-7-5-12(6-8-14)21-10-2-4-15(16(21)23)20-9-1-3-13(22)11-20/h5-8,13,15,17,22H,1-4,9-11H2/t13-,15+/m0/s1. The molecule has 2 aliphatic heterocycles. The second kappa shape index (κ2) is 7.44. The SMILES string of the molecule is O=C1[C@H](N2CCC[C@H](O)C2)CCCN1c1ccc(OC(F)F)cc1. The van der Waals surface area contributed by atoms with Crippen LogP contribution in [0.15, 0.2) is 24.3 Å². The highest BCUT2D eigenvalue weighted by Gasteiger charge is 2.35. The largest absolute Gasteiger partial charge is 0.435 e. The molecular formula is C17H22F2N2O3. The summed E-state index contributed by atoms with van der Waals surface area (Å²) < 4.78 is 28.8. The van der Waals surface area contributed by atoms with Crippen LogP contribution in [-0.4, -0.2) is 54.3 Å². The molecule has 132 valence electrons. The first-order chi connectivity index (χ1) is 11.5. The number of aliphatic hydroxyl groups excluding tert-OH is 1. The number of ether oxygens (including phenoxy) is 1. The molecule has 2 fully saturated rings. The Hall–Kier alpha value is -1.73. The van der Waals surface area contributed by atoms with Crippen LogP contribution in [0.3, 0.4) is 0 Å². The molecule has 1 N–H and O–H groups in total. The summed E-state index contributed by atoms with van der Waals surface area (Å²) in [6.45, 7) is -0.892. The van der Waals surface area contributed by atoms with E-state index >= 15 is 0 Å². The number of anilines is 1. The zero-order valence-electron chi connectivity index (χ0n) is 13.4. The van der Waals surface area contributed by atoms with Crippen molar-refractivity contribution in [3.05, 3.63) is 24.3 Å². The summed E-state index contributed by atoms with van der Waals surface area (Å²) in [7, 11) is 0. The van der Waals surface area contributed by atoms with E-state index < -0.39 is 6.61 Å². The molecule has 0 aromatic heterocycles. The summed E-state index contributed by atoms with van der Waals surface area (Å²) in [6.07, 6.45) is 2.97. The first-order valence-corrected chi connectivity index (χ1v) is 8.33. The van der Waals surface area contributed by atoms with Gasteiger partial charge in [-0.25, -0.2) is 0 Å². The molecule has 0 unspecified atom stereocenters. The molecule has 24 heavy (non-hydrogen) atoms. The van der Waals surface area contributed by atoms with Crippen LogP contribution in [0, 0.1) is 0 Å². The van der Waals surface area contributed by atoms with Crippen LogP contribution in [0.25, 0.3) is 0 Å². The molecule has 5 nitrogen and oxygen atoms in total. The fourth-order valence-electron chi connectivity index (χ4n) is 3.53. The van der Waals surface area contributed by atoms with Crippen molar-refractivity contribution in [2.75, 3.05) is 24.5 Å². The molecule has 0 saturated carbocycles. The Morgan fingerprint density at radius 2 is 1.83 bits per heavy atom. The Labute approximate surface area is 139 Å². The van der Waals surface area contributed by atoms with Gasteiger partial charge in [-0.3, -0.25) is 9.69 Å². The van der Waals surface area contributed by atoms with Crippen LogP contribution >= 0.6 is 0 Å². The van der Waals surface area contributed by atoms with Crippen LogP contribution < -0.4 is 9.64 Å². The first kappa shape index (κ1) is 17.1. The van der Waals surface area contributed by atoms with E-state index in [4.69, 9.17) is 0 Å². The van der Waals surface area contributed by atoms with Gasteiger partial charge in [0.1, 0.15) is 5.75 Å². The third kappa shape index (κ3) is 3.84. The fraction of sp³-hybridized carbons (Fsp3) is 0.588. The summed E-state index contributed by atoms with van der Waals surface area (Å²) in [4.78, 5) is 16.6. The number of piperidine rings is 2. The number of β-amino-alcohol motifs (C(OH)–C–C–N with tert-alkyl or cyclic N) is 1. The normalized spacial score (nSPS) is 26.0. The number of alkyl halides is 2. The number of rotatable bonds is 4. The van der Waals surface area contributed by atoms with E-state index in [2.05, 4.69) is 9.64 Å². The van der Waals surface area contributed by atoms with Gasteiger partial charge in [0, 0.05) is 18.8 Å². The van der Waals surface area contributed by atoms with E-state index in [9.17, 15) is 18.7 Å². The molecule has 2 saturated heterocycles. The number of nitrogens with zero attached hydrogens (tertiary/aromatic N) is 2. The lowest BCUT2D eigenvalue weighted by molar-refractivity contribution is -0.126. The van der Waals surface area contributed by atoms with E-state index in [-0.39, 0.29) is 23.8 Å². The second-order valence-corrected chi connectivity index (χ2v) is 6.31. The number of halogens is 2. The molecule has 2 heterocycles. The molecule has 2 atom stereocenters. The molecule has 1 amide bonds. The minimum absolute atomic E-state index is 0.0119. The number of benzene rings is 1. The van der Waals surface area contributed by atoms with E-state index in [1.165, 1.54) is 12.1 Å². The van der Waals surface area contributed by atoms with Gasteiger partial charge in [-0.05, 0) is 56.5 Å². The minimum Gasteiger partial charge on any atom is -0.435 e. The maximum absolute atomic E-state index is 12.8. The number of hydrogen-bond acceptors (Lipinski definition) is 4. The Kier molecular flexibility index (Phi) is 5.30. The van der Waals surface area contributed by atoms with E-state index in [1.54, 1.807) is 17.0 Å². The van der Waals surface area contributed by atoms with Crippen molar-refractivity contribution in [3.8, 4) is 5.75 Å². The smallest absolute Gasteiger partial charge is 0.387 e. The number of aliphatic hydroxyl groups is 1. The molecule has 0 aliphatic carbocycles. The molecule has 2 aliphatic rings. The highest BCUT2D eigenvalue weighted by molar-refractivity contribution is 5.98. The number of amides is 1. The van der Waals surface area contributed by atoms with Gasteiger partial charge in [-0.15, -0.1) is 0 Å². The predicted octanol–water partition coefficient (Wildman–Crippen LogP) is 2.24. The highest BCUT2D eigenvalue weighted by atomic mass is 19.3. The van der Waals surface area contributed by atoms with Gasteiger partial charge in [-0.1, -0.05) is 0 Å². The molecular weight excluding hydrogens is 318 g/mol. The minimum atomic E-state index is -2.86. The molecule has 7 heteroatoms. The van der Waals surface area contributed by atoms with Crippen molar-refractivity contribution in [2.45, 2.75) is 44.4 Å².